The summed E-state index contributed by atoms with van der Waals surface area (Å²) in [6, 6.07) is 9.73. The molecular weight excluding hydrogens is 290 g/mol. The normalized spacial score (nSPS) is 15.2. The molecule has 0 radical (unpaired) electrons. The number of hydrogen-bond acceptors (Lipinski definition) is 4. The zero-order valence-corrected chi connectivity index (χ0v) is 12.9. The average molecular weight is 309 g/mol. The molecule has 3 rings (SSSR count). The Hall–Kier alpha value is -2.65. The predicted octanol–water partition coefficient (Wildman–Crippen LogP) is 0.777. The van der Waals surface area contributed by atoms with Gasteiger partial charge in [-0.3, -0.25) is 9.69 Å². The van der Waals surface area contributed by atoms with Crippen LogP contribution in [0.5, 0.6) is 0 Å². The van der Waals surface area contributed by atoms with Crippen molar-refractivity contribution < 1.29 is 4.79 Å². The van der Waals surface area contributed by atoms with Gasteiger partial charge in [0, 0.05) is 44.5 Å². The van der Waals surface area contributed by atoms with Gasteiger partial charge in [0.25, 0.3) is 0 Å². The highest BCUT2D eigenvalue weighted by molar-refractivity contribution is 5.78. The van der Waals surface area contributed by atoms with E-state index in [4.69, 9.17) is 5.26 Å². The van der Waals surface area contributed by atoms with Gasteiger partial charge in [-0.15, -0.1) is 0 Å². The van der Waals surface area contributed by atoms with Gasteiger partial charge in [-0.05, 0) is 17.7 Å². The maximum Gasteiger partial charge on any atom is 0.234 e. The second-order valence-corrected chi connectivity index (χ2v) is 5.70. The van der Waals surface area contributed by atoms with Gasteiger partial charge < -0.3 is 9.88 Å². The number of carbonyl (C=O) groups excluding carboxylic acids is 1. The number of nitriles is 1. The van der Waals surface area contributed by atoms with Gasteiger partial charge in [-0.2, -0.15) is 5.26 Å². The number of rotatable bonds is 5. The number of amides is 1. The number of aromatic nitrogens is 2. The van der Waals surface area contributed by atoms with Crippen molar-refractivity contribution in [3.63, 3.8) is 0 Å². The van der Waals surface area contributed by atoms with Gasteiger partial charge >= 0.3 is 0 Å². The summed E-state index contributed by atoms with van der Waals surface area (Å²) in [5.74, 6) is 0.0994. The zero-order valence-electron chi connectivity index (χ0n) is 12.9. The summed E-state index contributed by atoms with van der Waals surface area (Å²) in [7, 11) is 0. The fourth-order valence-corrected chi connectivity index (χ4v) is 2.74. The third kappa shape index (κ3) is 3.96. The Balaban J connectivity index is 1.60. The van der Waals surface area contributed by atoms with E-state index in [0.717, 1.165) is 43.9 Å². The summed E-state index contributed by atoms with van der Waals surface area (Å²) in [5, 5.41) is 11.7. The minimum absolute atomic E-state index is 0.0994. The van der Waals surface area contributed by atoms with E-state index in [1.807, 2.05) is 36.8 Å². The summed E-state index contributed by atoms with van der Waals surface area (Å²) in [6.07, 6.45) is 4.58. The van der Waals surface area contributed by atoms with E-state index >= 15 is 0 Å². The van der Waals surface area contributed by atoms with Gasteiger partial charge in [-0.1, -0.05) is 12.1 Å². The molecule has 1 aliphatic heterocycles. The molecule has 0 saturated carbocycles. The van der Waals surface area contributed by atoms with Crippen LogP contribution in [0.15, 0.2) is 36.8 Å². The molecule has 2 aromatic rings. The van der Waals surface area contributed by atoms with Crippen LogP contribution < -0.4 is 5.32 Å². The highest BCUT2D eigenvalue weighted by Crippen LogP contribution is 2.09. The SMILES string of the molecule is N#Cc1ccc(Cn2cncc2CCN2CCNC(=O)C2)cc1. The molecule has 1 amide bonds. The molecule has 0 atom stereocenters. The van der Waals surface area contributed by atoms with Crippen LogP contribution >= 0.6 is 0 Å². The standard InChI is InChI=1S/C17H19N5O/c18-9-14-1-3-15(4-2-14)11-22-13-19-10-16(22)5-7-21-8-6-20-17(23)12-21/h1-4,10,13H,5-8,11-12H2,(H,20,23). The monoisotopic (exact) mass is 309 g/mol. The summed E-state index contributed by atoms with van der Waals surface area (Å²) in [4.78, 5) is 17.8. The quantitative estimate of drug-likeness (QED) is 0.885. The second-order valence-electron chi connectivity index (χ2n) is 5.70. The Morgan fingerprint density at radius 2 is 2.13 bits per heavy atom. The lowest BCUT2D eigenvalue weighted by molar-refractivity contribution is -0.124. The van der Waals surface area contributed by atoms with Crippen LogP contribution in [0.3, 0.4) is 0 Å². The summed E-state index contributed by atoms with van der Waals surface area (Å²) in [5.41, 5.74) is 2.96. The predicted molar refractivity (Wildman–Crippen MR) is 85.6 cm³/mol. The Bertz CT molecular complexity index is 713. The highest BCUT2D eigenvalue weighted by atomic mass is 16.2. The second kappa shape index (κ2) is 7.07. The minimum atomic E-state index is 0.0994. The van der Waals surface area contributed by atoms with Gasteiger partial charge in [0.15, 0.2) is 0 Å². The Labute approximate surface area is 135 Å². The number of nitrogens with one attached hydrogen (secondary N) is 1. The molecule has 1 fully saturated rings. The number of carbonyl (C=O) groups is 1. The van der Waals surface area contributed by atoms with Crippen LogP contribution in [0.1, 0.15) is 16.8 Å². The lowest BCUT2D eigenvalue weighted by Crippen LogP contribution is -2.48. The van der Waals surface area contributed by atoms with Crippen molar-refractivity contribution >= 4 is 5.91 Å². The molecule has 23 heavy (non-hydrogen) atoms. The Kier molecular flexibility index (Phi) is 4.69. The Morgan fingerprint density at radius 1 is 1.30 bits per heavy atom. The third-order valence-corrected chi connectivity index (χ3v) is 4.04. The van der Waals surface area contributed by atoms with Gasteiger partial charge in [0.1, 0.15) is 0 Å². The fraction of sp³-hybridized carbons (Fsp3) is 0.353. The largest absolute Gasteiger partial charge is 0.354 e. The maximum atomic E-state index is 11.4. The highest BCUT2D eigenvalue weighted by Gasteiger charge is 2.16. The van der Waals surface area contributed by atoms with Crippen LogP contribution in [-0.4, -0.2) is 46.5 Å². The molecule has 1 aromatic heterocycles. The van der Waals surface area contributed by atoms with Gasteiger partial charge in [0.2, 0.25) is 5.91 Å². The van der Waals surface area contributed by atoms with Crippen molar-refractivity contribution in [2.45, 2.75) is 13.0 Å². The van der Waals surface area contributed by atoms with Gasteiger partial charge in [0.05, 0.1) is 24.5 Å². The lowest BCUT2D eigenvalue weighted by atomic mass is 10.1. The minimum Gasteiger partial charge on any atom is -0.354 e. The summed E-state index contributed by atoms with van der Waals surface area (Å²) >= 11 is 0. The van der Waals surface area contributed by atoms with Crippen LogP contribution in [-0.2, 0) is 17.8 Å². The average Bonchev–Trinajstić information content (AvgIpc) is 3.01. The van der Waals surface area contributed by atoms with Crippen LogP contribution in [0.4, 0.5) is 0 Å². The molecule has 6 nitrogen and oxygen atoms in total. The molecule has 0 bridgehead atoms. The topological polar surface area (TPSA) is 74.0 Å². The van der Waals surface area contributed by atoms with E-state index in [1.165, 1.54) is 0 Å². The molecule has 0 spiro atoms. The van der Waals surface area contributed by atoms with E-state index in [-0.39, 0.29) is 5.91 Å². The zero-order chi connectivity index (χ0) is 16.1. The first-order valence-electron chi connectivity index (χ1n) is 7.72. The molecule has 1 N–H and O–H groups in total. The molecule has 6 heteroatoms. The number of piperazine rings is 1. The van der Waals surface area contributed by atoms with E-state index in [9.17, 15) is 4.79 Å². The van der Waals surface area contributed by atoms with E-state index in [2.05, 4.69) is 25.8 Å². The smallest absolute Gasteiger partial charge is 0.234 e. The fourth-order valence-electron chi connectivity index (χ4n) is 2.74. The Morgan fingerprint density at radius 3 is 2.87 bits per heavy atom. The molecule has 1 saturated heterocycles. The van der Waals surface area contributed by atoms with E-state index in [1.54, 1.807) is 0 Å². The first-order valence-corrected chi connectivity index (χ1v) is 7.72. The van der Waals surface area contributed by atoms with E-state index in [0.29, 0.717) is 12.1 Å². The molecule has 1 aromatic carbocycles. The van der Waals surface area contributed by atoms with E-state index < -0.39 is 0 Å². The number of benzene rings is 1. The first kappa shape index (κ1) is 15.3. The number of imidazole rings is 1. The maximum absolute atomic E-state index is 11.4. The van der Waals surface area contributed by atoms with Crippen molar-refractivity contribution in [2.75, 3.05) is 26.2 Å². The van der Waals surface area contributed by atoms with Crippen molar-refractivity contribution in [3.05, 3.63) is 53.6 Å². The molecular formula is C17H19N5O. The van der Waals surface area contributed by atoms with Crippen LogP contribution in [0.2, 0.25) is 0 Å². The van der Waals surface area contributed by atoms with Gasteiger partial charge in [-0.25, -0.2) is 4.98 Å². The van der Waals surface area contributed by atoms with Crippen LogP contribution in [0.25, 0.3) is 0 Å². The molecule has 0 unspecified atom stereocenters. The molecule has 2 heterocycles. The molecule has 1 aliphatic rings. The first-order chi connectivity index (χ1) is 11.2. The van der Waals surface area contributed by atoms with Crippen molar-refractivity contribution in [1.29, 1.82) is 5.26 Å². The van der Waals surface area contributed by atoms with Crippen LogP contribution in [0, 0.1) is 11.3 Å². The molecule has 118 valence electrons. The number of nitrogens with zero attached hydrogens (tertiary/aromatic N) is 4. The lowest BCUT2D eigenvalue weighted by Gasteiger charge is -2.26. The third-order valence-electron chi connectivity index (χ3n) is 4.04. The summed E-state index contributed by atoms with van der Waals surface area (Å²) in [6.45, 7) is 3.69. The summed E-state index contributed by atoms with van der Waals surface area (Å²) < 4.78 is 2.12. The number of hydrogen-bond donors (Lipinski definition) is 1. The van der Waals surface area contributed by atoms with Crippen molar-refractivity contribution in [1.82, 2.24) is 19.8 Å². The molecule has 0 aliphatic carbocycles. The van der Waals surface area contributed by atoms with Crippen molar-refractivity contribution in [2.24, 2.45) is 0 Å². The van der Waals surface area contributed by atoms with Crippen molar-refractivity contribution in [3.8, 4) is 6.07 Å².